The van der Waals surface area contributed by atoms with Gasteiger partial charge in [0.1, 0.15) is 5.15 Å². The molecule has 3 rings (SSSR count). The first-order valence-corrected chi connectivity index (χ1v) is 6.14. The minimum Gasteiger partial charge on any atom is -0.236 e. The normalized spacial score (nSPS) is 13.5. The van der Waals surface area contributed by atoms with Gasteiger partial charge >= 0.3 is 0 Å². The van der Waals surface area contributed by atoms with E-state index in [0.29, 0.717) is 5.15 Å². The van der Waals surface area contributed by atoms with Gasteiger partial charge in [-0.2, -0.15) is 0 Å². The summed E-state index contributed by atoms with van der Waals surface area (Å²) in [6, 6.07) is 12.3. The van der Waals surface area contributed by atoms with Crippen molar-refractivity contribution < 1.29 is 0 Å². The van der Waals surface area contributed by atoms with Crippen molar-refractivity contribution >= 4 is 17.7 Å². The lowest BCUT2D eigenvalue weighted by molar-refractivity contribution is 0.967. The zero-order valence-electron chi connectivity index (χ0n) is 9.36. The molecular weight excluding hydrogens is 230 g/mol. The highest BCUT2D eigenvalue weighted by Crippen LogP contribution is 2.31. The lowest BCUT2D eigenvalue weighted by atomic mass is 9.93. The maximum atomic E-state index is 6.09. The Kier molecular flexibility index (Phi) is 2.69. The Balaban J connectivity index is 2.23. The van der Waals surface area contributed by atoms with Gasteiger partial charge in [-0.1, -0.05) is 48.0 Å². The number of nitrogens with zero attached hydrogens (tertiary/aromatic N) is 1. The highest BCUT2D eigenvalue weighted by Gasteiger charge is 2.13. The maximum absolute atomic E-state index is 6.09. The van der Waals surface area contributed by atoms with Crippen molar-refractivity contribution in [2.24, 2.45) is 0 Å². The van der Waals surface area contributed by atoms with Gasteiger partial charge in [-0.25, -0.2) is 4.98 Å². The van der Waals surface area contributed by atoms with E-state index >= 15 is 0 Å². The smallest absolute Gasteiger partial charge is 0.130 e. The quantitative estimate of drug-likeness (QED) is 0.676. The molecule has 84 valence electrons. The Morgan fingerprint density at radius 3 is 2.76 bits per heavy atom. The second-order valence-electron chi connectivity index (χ2n) is 4.16. The van der Waals surface area contributed by atoms with Gasteiger partial charge < -0.3 is 0 Å². The largest absolute Gasteiger partial charge is 0.236 e. The number of benzene rings is 1. The molecule has 0 radical (unpaired) electrons. The highest BCUT2D eigenvalue weighted by molar-refractivity contribution is 6.29. The number of halogens is 1. The summed E-state index contributed by atoms with van der Waals surface area (Å²) in [7, 11) is 0. The third-order valence-electron chi connectivity index (χ3n) is 3.05. The predicted octanol–water partition coefficient (Wildman–Crippen LogP) is 4.36. The van der Waals surface area contributed by atoms with E-state index in [4.69, 9.17) is 11.6 Å². The lowest BCUT2D eigenvalue weighted by Gasteiger charge is -2.15. The van der Waals surface area contributed by atoms with Crippen molar-refractivity contribution in [2.75, 3.05) is 0 Å². The van der Waals surface area contributed by atoms with E-state index in [1.807, 2.05) is 12.1 Å². The van der Waals surface area contributed by atoms with E-state index in [0.717, 1.165) is 18.5 Å². The van der Waals surface area contributed by atoms with Crippen LogP contribution in [0.5, 0.6) is 0 Å². The molecule has 0 amide bonds. The van der Waals surface area contributed by atoms with Gasteiger partial charge in [0.05, 0.1) is 5.69 Å². The van der Waals surface area contributed by atoms with Crippen LogP contribution in [0.2, 0.25) is 5.15 Å². The van der Waals surface area contributed by atoms with Gasteiger partial charge in [0, 0.05) is 0 Å². The molecule has 0 bridgehead atoms. The van der Waals surface area contributed by atoms with Crippen molar-refractivity contribution in [2.45, 2.75) is 12.8 Å². The van der Waals surface area contributed by atoms with E-state index in [-0.39, 0.29) is 0 Å². The van der Waals surface area contributed by atoms with Gasteiger partial charge in [0.25, 0.3) is 0 Å². The summed E-state index contributed by atoms with van der Waals surface area (Å²) in [6.45, 7) is 0. The van der Waals surface area contributed by atoms with Crippen LogP contribution >= 0.6 is 11.6 Å². The topological polar surface area (TPSA) is 12.9 Å². The van der Waals surface area contributed by atoms with E-state index in [1.165, 1.54) is 16.7 Å². The van der Waals surface area contributed by atoms with Crippen molar-refractivity contribution in [1.82, 2.24) is 4.98 Å². The minimum absolute atomic E-state index is 0.564. The minimum atomic E-state index is 0.564. The van der Waals surface area contributed by atoms with Crippen molar-refractivity contribution in [1.29, 1.82) is 0 Å². The molecular formula is C15H12ClN. The molecule has 2 aromatic rings. The first-order valence-electron chi connectivity index (χ1n) is 5.76. The molecule has 1 aliphatic carbocycles. The molecule has 0 N–H and O–H groups in total. The summed E-state index contributed by atoms with van der Waals surface area (Å²) in [4.78, 5) is 4.38. The Hall–Kier alpha value is -1.60. The number of fused-ring (bicyclic) bond motifs is 1. The zero-order valence-corrected chi connectivity index (χ0v) is 10.1. The van der Waals surface area contributed by atoms with Gasteiger partial charge in [-0.15, -0.1) is 0 Å². The van der Waals surface area contributed by atoms with Crippen LogP contribution in [0.1, 0.15) is 17.7 Å². The predicted molar refractivity (Wildman–Crippen MR) is 72.0 cm³/mol. The summed E-state index contributed by atoms with van der Waals surface area (Å²) in [5.74, 6) is 0. The molecule has 0 fully saturated rings. The molecule has 1 aliphatic rings. The third-order valence-corrected chi connectivity index (χ3v) is 3.24. The van der Waals surface area contributed by atoms with Crippen LogP contribution in [0.3, 0.4) is 0 Å². The number of allylic oxidation sites excluding steroid dienone is 1. The molecule has 1 aromatic carbocycles. The monoisotopic (exact) mass is 241 g/mol. The van der Waals surface area contributed by atoms with Crippen molar-refractivity contribution in [3.63, 3.8) is 0 Å². The van der Waals surface area contributed by atoms with Crippen LogP contribution in [0.4, 0.5) is 0 Å². The van der Waals surface area contributed by atoms with Crippen LogP contribution in [0.15, 0.2) is 42.5 Å². The van der Waals surface area contributed by atoms with Crippen LogP contribution in [-0.2, 0) is 6.42 Å². The summed E-state index contributed by atoms with van der Waals surface area (Å²) < 4.78 is 0. The fraction of sp³-hybridized carbons (Fsp3) is 0.133. The second-order valence-corrected chi connectivity index (χ2v) is 4.55. The fourth-order valence-electron chi connectivity index (χ4n) is 2.26. The number of aromatic nitrogens is 1. The molecule has 0 atom stereocenters. The zero-order chi connectivity index (χ0) is 11.7. The van der Waals surface area contributed by atoms with E-state index < -0.39 is 0 Å². The Labute approximate surface area is 106 Å². The molecule has 0 saturated heterocycles. The van der Waals surface area contributed by atoms with Gasteiger partial charge in [0.2, 0.25) is 0 Å². The SMILES string of the molecule is Clc1cc(-c2ccccc2)c2c(n1)C=CCC2. The molecule has 0 aliphatic heterocycles. The summed E-state index contributed by atoms with van der Waals surface area (Å²) in [6.07, 6.45) is 6.34. The van der Waals surface area contributed by atoms with Crippen LogP contribution < -0.4 is 0 Å². The summed E-state index contributed by atoms with van der Waals surface area (Å²) in [5, 5.41) is 0.564. The number of hydrogen-bond acceptors (Lipinski definition) is 1. The first-order chi connectivity index (χ1) is 8.34. The average Bonchev–Trinajstić information content (AvgIpc) is 2.39. The van der Waals surface area contributed by atoms with E-state index in [2.05, 4.69) is 41.4 Å². The van der Waals surface area contributed by atoms with Crippen LogP contribution in [-0.4, -0.2) is 4.98 Å². The third kappa shape index (κ3) is 1.98. The Morgan fingerprint density at radius 2 is 1.94 bits per heavy atom. The van der Waals surface area contributed by atoms with Crippen LogP contribution in [0, 0.1) is 0 Å². The summed E-state index contributed by atoms with van der Waals surface area (Å²) in [5.41, 5.74) is 4.75. The molecule has 1 aromatic heterocycles. The number of hydrogen-bond donors (Lipinski definition) is 0. The number of pyridine rings is 1. The maximum Gasteiger partial charge on any atom is 0.130 e. The first kappa shape index (κ1) is 10.5. The van der Waals surface area contributed by atoms with Gasteiger partial charge in [0.15, 0.2) is 0 Å². The molecule has 0 saturated carbocycles. The fourth-order valence-corrected chi connectivity index (χ4v) is 2.46. The lowest BCUT2D eigenvalue weighted by Crippen LogP contribution is -2.00. The Morgan fingerprint density at radius 1 is 1.12 bits per heavy atom. The molecule has 1 nitrogen and oxygen atoms in total. The van der Waals surface area contributed by atoms with E-state index in [9.17, 15) is 0 Å². The summed E-state index contributed by atoms with van der Waals surface area (Å²) >= 11 is 6.09. The standard InChI is InChI=1S/C15H12ClN/c16-15-10-13(11-6-2-1-3-7-11)12-8-4-5-9-14(12)17-15/h1-3,5-7,9-10H,4,8H2. The molecule has 2 heteroatoms. The van der Waals surface area contributed by atoms with Gasteiger partial charge in [-0.3, -0.25) is 0 Å². The second kappa shape index (κ2) is 4.34. The molecule has 0 unspecified atom stereocenters. The van der Waals surface area contributed by atoms with Crippen molar-refractivity contribution in [3.8, 4) is 11.1 Å². The van der Waals surface area contributed by atoms with E-state index in [1.54, 1.807) is 0 Å². The van der Waals surface area contributed by atoms with Crippen LogP contribution in [0.25, 0.3) is 17.2 Å². The van der Waals surface area contributed by atoms with Gasteiger partial charge in [-0.05, 0) is 41.7 Å². The average molecular weight is 242 g/mol. The molecule has 1 heterocycles. The highest BCUT2D eigenvalue weighted by atomic mass is 35.5. The van der Waals surface area contributed by atoms with Crippen molar-refractivity contribution in [3.05, 3.63) is 58.9 Å². The Bertz CT molecular complexity index is 573. The number of rotatable bonds is 1. The molecule has 17 heavy (non-hydrogen) atoms. The molecule has 0 spiro atoms.